The van der Waals surface area contributed by atoms with Gasteiger partial charge in [0.25, 0.3) is 0 Å². The van der Waals surface area contributed by atoms with Crippen LogP contribution in [0.2, 0.25) is 0 Å². The summed E-state index contributed by atoms with van der Waals surface area (Å²) in [5.41, 5.74) is 0.825. The van der Waals surface area contributed by atoms with E-state index >= 15 is 0 Å². The molecule has 6 heteroatoms. The first kappa shape index (κ1) is 16.0. The Balaban J connectivity index is 2.07. The van der Waals surface area contributed by atoms with Crippen molar-refractivity contribution < 1.29 is 13.2 Å². The molecule has 0 saturated carbocycles. The molecule has 0 aromatic heterocycles. The minimum absolute atomic E-state index is 0.166. The van der Waals surface area contributed by atoms with Crippen molar-refractivity contribution in [3.63, 3.8) is 0 Å². The Kier molecular flexibility index (Phi) is 5.34. The fourth-order valence-electron chi connectivity index (χ4n) is 2.49. The van der Waals surface area contributed by atoms with Crippen LogP contribution in [0.3, 0.4) is 0 Å². The third kappa shape index (κ3) is 3.82. The van der Waals surface area contributed by atoms with Crippen LogP contribution in [0.5, 0.6) is 0 Å². The van der Waals surface area contributed by atoms with E-state index in [1.165, 1.54) is 4.31 Å². The molecule has 0 atom stereocenters. The van der Waals surface area contributed by atoms with E-state index in [1.807, 2.05) is 13.0 Å². The second-order valence-corrected chi connectivity index (χ2v) is 6.98. The van der Waals surface area contributed by atoms with E-state index in [0.29, 0.717) is 31.0 Å². The van der Waals surface area contributed by atoms with Crippen LogP contribution in [-0.4, -0.2) is 38.5 Å². The first-order chi connectivity index (χ1) is 10.1. The summed E-state index contributed by atoms with van der Waals surface area (Å²) >= 11 is 0. The highest BCUT2D eigenvalue weighted by molar-refractivity contribution is 7.89. The van der Waals surface area contributed by atoms with Gasteiger partial charge in [-0.05, 0) is 37.5 Å². The fraction of sp³-hybridized carbons (Fsp3) is 0.533. The van der Waals surface area contributed by atoms with Gasteiger partial charge in [0.2, 0.25) is 10.0 Å². The average Bonchev–Trinajstić information content (AvgIpc) is 2.49. The van der Waals surface area contributed by atoms with Gasteiger partial charge in [0, 0.05) is 19.7 Å². The van der Waals surface area contributed by atoms with Crippen molar-refractivity contribution in [2.24, 2.45) is 0 Å². The van der Waals surface area contributed by atoms with Gasteiger partial charge in [0.1, 0.15) is 0 Å². The predicted molar refractivity (Wildman–Crippen MR) is 79.2 cm³/mol. The van der Waals surface area contributed by atoms with Crippen LogP contribution in [0, 0.1) is 11.3 Å². The molecule has 1 saturated heterocycles. The van der Waals surface area contributed by atoms with E-state index in [9.17, 15) is 8.42 Å². The number of nitrogens with zero attached hydrogens (tertiary/aromatic N) is 2. The van der Waals surface area contributed by atoms with Crippen LogP contribution in [-0.2, 0) is 21.2 Å². The van der Waals surface area contributed by atoms with E-state index in [0.717, 1.165) is 18.4 Å². The number of ether oxygens (including phenoxy) is 1. The quantitative estimate of drug-likeness (QED) is 0.833. The summed E-state index contributed by atoms with van der Waals surface area (Å²) in [7, 11) is -3.44. The molecule has 0 radical (unpaired) electrons. The number of rotatable bonds is 5. The number of nitriles is 1. The van der Waals surface area contributed by atoms with Crippen molar-refractivity contribution in [3.8, 4) is 6.07 Å². The first-order valence-electron chi connectivity index (χ1n) is 7.15. The second-order valence-electron chi connectivity index (χ2n) is 5.04. The van der Waals surface area contributed by atoms with E-state index in [2.05, 4.69) is 0 Å². The van der Waals surface area contributed by atoms with Gasteiger partial charge in [-0.3, -0.25) is 0 Å². The molecular weight excluding hydrogens is 288 g/mol. The summed E-state index contributed by atoms with van der Waals surface area (Å²) < 4.78 is 32.1. The van der Waals surface area contributed by atoms with Crippen molar-refractivity contribution in [1.29, 1.82) is 5.26 Å². The highest BCUT2D eigenvalue weighted by Gasteiger charge is 2.29. The van der Waals surface area contributed by atoms with Crippen LogP contribution in [0.15, 0.2) is 29.2 Å². The zero-order valence-electron chi connectivity index (χ0n) is 12.2. The standard InChI is InChI=1S/C15H20N2O3S/c1-2-20-14-8-11-17(12-9-14)21(18,19)15-5-3-13(4-6-15)7-10-16/h3-6,14H,2,7-9,11-12H2,1H3. The van der Waals surface area contributed by atoms with Gasteiger partial charge in [-0.2, -0.15) is 9.57 Å². The van der Waals surface area contributed by atoms with Crippen LogP contribution in [0.4, 0.5) is 0 Å². The summed E-state index contributed by atoms with van der Waals surface area (Å²) in [6, 6.07) is 8.60. The minimum atomic E-state index is -3.44. The largest absolute Gasteiger partial charge is 0.378 e. The summed E-state index contributed by atoms with van der Waals surface area (Å²) in [5.74, 6) is 0. The van der Waals surface area contributed by atoms with Gasteiger partial charge in [-0.15, -0.1) is 0 Å². The van der Waals surface area contributed by atoms with Crippen molar-refractivity contribution in [1.82, 2.24) is 4.31 Å². The lowest BCUT2D eigenvalue weighted by Crippen LogP contribution is -2.40. The summed E-state index contributed by atoms with van der Waals surface area (Å²) in [5, 5.41) is 8.63. The van der Waals surface area contributed by atoms with Crippen molar-refractivity contribution in [2.75, 3.05) is 19.7 Å². The number of benzene rings is 1. The summed E-state index contributed by atoms with van der Waals surface area (Å²) in [6.07, 6.45) is 1.93. The third-order valence-electron chi connectivity index (χ3n) is 3.65. The fourth-order valence-corrected chi connectivity index (χ4v) is 3.96. The zero-order chi connectivity index (χ0) is 15.3. The number of sulfonamides is 1. The SMILES string of the molecule is CCOC1CCN(S(=O)(=O)c2ccc(CC#N)cc2)CC1. The maximum atomic E-state index is 12.5. The van der Waals surface area contributed by atoms with Crippen LogP contribution in [0.1, 0.15) is 25.3 Å². The smallest absolute Gasteiger partial charge is 0.243 e. The molecule has 1 aromatic rings. The van der Waals surface area contributed by atoms with Gasteiger partial charge >= 0.3 is 0 Å². The minimum Gasteiger partial charge on any atom is -0.378 e. The molecule has 5 nitrogen and oxygen atoms in total. The lowest BCUT2D eigenvalue weighted by Gasteiger charge is -2.31. The number of hydrogen-bond acceptors (Lipinski definition) is 4. The lowest BCUT2D eigenvalue weighted by molar-refractivity contribution is 0.0290. The molecular formula is C15H20N2O3S. The molecule has 0 unspecified atom stereocenters. The Morgan fingerprint density at radius 3 is 2.43 bits per heavy atom. The Hall–Kier alpha value is -1.42. The van der Waals surface area contributed by atoms with Gasteiger partial charge in [-0.25, -0.2) is 8.42 Å². The zero-order valence-corrected chi connectivity index (χ0v) is 13.0. The molecule has 1 fully saturated rings. The normalized spacial score (nSPS) is 17.5. The Morgan fingerprint density at radius 2 is 1.90 bits per heavy atom. The topological polar surface area (TPSA) is 70.4 Å². The van der Waals surface area contributed by atoms with E-state index in [4.69, 9.17) is 10.00 Å². The van der Waals surface area contributed by atoms with Gasteiger partial charge in [0.05, 0.1) is 23.5 Å². The number of hydrogen-bond donors (Lipinski definition) is 0. The number of piperidine rings is 1. The highest BCUT2D eigenvalue weighted by Crippen LogP contribution is 2.22. The third-order valence-corrected chi connectivity index (χ3v) is 5.56. The van der Waals surface area contributed by atoms with Crippen molar-refractivity contribution in [3.05, 3.63) is 29.8 Å². The Bertz CT molecular complexity index is 597. The molecule has 1 heterocycles. The molecule has 0 bridgehead atoms. The molecule has 0 N–H and O–H groups in total. The lowest BCUT2D eigenvalue weighted by atomic mass is 10.1. The summed E-state index contributed by atoms with van der Waals surface area (Å²) in [6.45, 7) is 3.60. The average molecular weight is 308 g/mol. The van der Waals surface area contributed by atoms with Gasteiger partial charge < -0.3 is 4.74 Å². The van der Waals surface area contributed by atoms with E-state index < -0.39 is 10.0 Å². The predicted octanol–water partition coefficient (Wildman–Crippen LogP) is 1.94. The van der Waals surface area contributed by atoms with Crippen LogP contribution < -0.4 is 0 Å². The molecule has 1 aromatic carbocycles. The molecule has 21 heavy (non-hydrogen) atoms. The molecule has 0 aliphatic carbocycles. The second kappa shape index (κ2) is 7.03. The van der Waals surface area contributed by atoms with Crippen LogP contribution in [0.25, 0.3) is 0 Å². The van der Waals surface area contributed by atoms with E-state index in [-0.39, 0.29) is 6.10 Å². The molecule has 1 aliphatic heterocycles. The maximum Gasteiger partial charge on any atom is 0.243 e. The molecule has 1 aliphatic rings. The van der Waals surface area contributed by atoms with Gasteiger partial charge in [-0.1, -0.05) is 12.1 Å². The molecule has 0 spiro atoms. The Labute approximate surface area is 126 Å². The highest BCUT2D eigenvalue weighted by atomic mass is 32.2. The van der Waals surface area contributed by atoms with Gasteiger partial charge in [0.15, 0.2) is 0 Å². The van der Waals surface area contributed by atoms with Crippen molar-refractivity contribution >= 4 is 10.0 Å². The van der Waals surface area contributed by atoms with Crippen molar-refractivity contribution in [2.45, 2.75) is 37.2 Å². The first-order valence-corrected chi connectivity index (χ1v) is 8.59. The molecule has 114 valence electrons. The van der Waals surface area contributed by atoms with Crippen LogP contribution >= 0.6 is 0 Å². The maximum absolute atomic E-state index is 12.5. The molecule has 2 rings (SSSR count). The summed E-state index contributed by atoms with van der Waals surface area (Å²) in [4.78, 5) is 0.291. The van der Waals surface area contributed by atoms with E-state index in [1.54, 1.807) is 24.3 Å². The Morgan fingerprint density at radius 1 is 1.29 bits per heavy atom. The molecule has 0 amide bonds. The monoisotopic (exact) mass is 308 g/mol.